The zero-order chi connectivity index (χ0) is 10.6. The summed E-state index contributed by atoms with van der Waals surface area (Å²) in [7, 11) is 6.43. The molecule has 0 aliphatic carbocycles. The molecule has 1 fully saturated rings. The fourth-order valence-corrected chi connectivity index (χ4v) is 1.68. The molecule has 0 unspecified atom stereocenters. The third kappa shape index (κ3) is 2.24. The van der Waals surface area contributed by atoms with Gasteiger partial charge in [-0.2, -0.15) is 0 Å². The average Bonchev–Trinajstić information content (AvgIpc) is 2.26. The Bertz CT molecular complexity index is 145. The molecular weight excluding hydrogens is 188 g/mol. The van der Waals surface area contributed by atoms with Crippen LogP contribution in [0.2, 0.25) is 0 Å². The zero-order valence-corrected chi connectivity index (χ0v) is 9.06. The van der Waals surface area contributed by atoms with Gasteiger partial charge in [-0.05, 0) is 0 Å². The first kappa shape index (κ1) is 11.9. The van der Waals surface area contributed by atoms with Crippen LogP contribution in [0.4, 0.5) is 0 Å². The number of ether oxygens (including phenoxy) is 5. The van der Waals surface area contributed by atoms with Crippen LogP contribution in [0.15, 0.2) is 0 Å². The molecule has 0 aromatic carbocycles. The molecule has 1 rings (SSSR count). The molecule has 1 saturated heterocycles. The monoisotopic (exact) mass is 206 g/mol. The normalized spacial score (nSPS) is 38.6. The highest BCUT2D eigenvalue weighted by Gasteiger charge is 2.41. The highest BCUT2D eigenvalue weighted by Crippen LogP contribution is 2.22. The molecule has 0 bridgehead atoms. The van der Waals surface area contributed by atoms with E-state index in [0.717, 1.165) is 0 Å². The van der Waals surface area contributed by atoms with Crippen molar-refractivity contribution in [2.45, 2.75) is 24.6 Å². The van der Waals surface area contributed by atoms with Gasteiger partial charge in [0, 0.05) is 28.4 Å². The van der Waals surface area contributed by atoms with Crippen LogP contribution in [-0.2, 0) is 23.7 Å². The lowest BCUT2D eigenvalue weighted by atomic mass is 10.0. The van der Waals surface area contributed by atoms with Gasteiger partial charge < -0.3 is 23.7 Å². The Morgan fingerprint density at radius 3 is 1.93 bits per heavy atom. The molecule has 14 heavy (non-hydrogen) atoms. The Kier molecular flexibility index (Phi) is 4.77. The van der Waals surface area contributed by atoms with Crippen LogP contribution in [0.3, 0.4) is 0 Å². The molecule has 4 atom stereocenters. The highest BCUT2D eigenvalue weighted by molar-refractivity contribution is 4.85. The molecule has 0 aromatic rings. The summed E-state index contributed by atoms with van der Waals surface area (Å²) in [5.74, 6) is 0. The van der Waals surface area contributed by atoms with E-state index >= 15 is 0 Å². The summed E-state index contributed by atoms with van der Waals surface area (Å²) in [6, 6.07) is 0. The van der Waals surface area contributed by atoms with Crippen molar-refractivity contribution >= 4 is 0 Å². The van der Waals surface area contributed by atoms with Crippen LogP contribution >= 0.6 is 0 Å². The minimum Gasteiger partial charge on any atom is -0.376 e. The molecule has 1 aliphatic heterocycles. The minimum absolute atomic E-state index is 0.114. The van der Waals surface area contributed by atoms with E-state index in [9.17, 15) is 0 Å². The van der Waals surface area contributed by atoms with Crippen LogP contribution in [0.25, 0.3) is 0 Å². The summed E-state index contributed by atoms with van der Waals surface area (Å²) >= 11 is 0. The molecule has 1 aliphatic rings. The Balaban J connectivity index is 2.67. The lowest BCUT2D eigenvalue weighted by Crippen LogP contribution is -2.55. The van der Waals surface area contributed by atoms with Crippen molar-refractivity contribution in [2.75, 3.05) is 35.0 Å². The van der Waals surface area contributed by atoms with Crippen molar-refractivity contribution in [3.8, 4) is 0 Å². The Hall–Kier alpha value is -0.200. The molecule has 0 aromatic heterocycles. The Morgan fingerprint density at radius 2 is 1.50 bits per heavy atom. The maximum atomic E-state index is 5.41. The number of hydrogen-bond acceptors (Lipinski definition) is 5. The number of hydrogen-bond donors (Lipinski definition) is 0. The predicted molar refractivity (Wildman–Crippen MR) is 49.1 cm³/mol. The zero-order valence-electron chi connectivity index (χ0n) is 9.06. The fourth-order valence-electron chi connectivity index (χ4n) is 1.68. The van der Waals surface area contributed by atoms with Crippen LogP contribution in [0.1, 0.15) is 0 Å². The van der Waals surface area contributed by atoms with Crippen molar-refractivity contribution < 1.29 is 23.7 Å². The number of methoxy groups -OCH3 is 4. The van der Waals surface area contributed by atoms with Gasteiger partial charge in [-0.15, -0.1) is 0 Å². The second-order valence-corrected chi connectivity index (χ2v) is 3.11. The molecule has 84 valence electrons. The summed E-state index contributed by atoms with van der Waals surface area (Å²) < 4.78 is 26.4. The van der Waals surface area contributed by atoms with E-state index in [0.29, 0.717) is 6.61 Å². The highest BCUT2D eigenvalue weighted by atomic mass is 16.7. The summed E-state index contributed by atoms with van der Waals surface area (Å²) in [6.07, 6.45) is -0.930. The van der Waals surface area contributed by atoms with E-state index in [1.807, 2.05) is 0 Å². The van der Waals surface area contributed by atoms with Crippen LogP contribution in [-0.4, -0.2) is 59.6 Å². The molecule has 5 heteroatoms. The molecule has 0 amide bonds. The van der Waals surface area contributed by atoms with Gasteiger partial charge in [0.05, 0.1) is 6.61 Å². The maximum Gasteiger partial charge on any atom is 0.186 e. The SMILES string of the molecule is CO[C@H]1OC[C@@H](OC)[C@@H](OC)[C@@H]1OC. The van der Waals surface area contributed by atoms with Crippen molar-refractivity contribution in [3.05, 3.63) is 0 Å². The molecule has 5 nitrogen and oxygen atoms in total. The second kappa shape index (κ2) is 5.63. The lowest BCUT2D eigenvalue weighted by molar-refractivity contribution is -0.276. The van der Waals surface area contributed by atoms with E-state index in [1.54, 1.807) is 28.4 Å². The smallest absolute Gasteiger partial charge is 0.186 e. The summed E-state index contributed by atoms with van der Waals surface area (Å²) in [5, 5.41) is 0. The summed E-state index contributed by atoms with van der Waals surface area (Å²) in [4.78, 5) is 0. The van der Waals surface area contributed by atoms with Crippen molar-refractivity contribution in [1.82, 2.24) is 0 Å². The standard InChI is InChI=1S/C9H18O5/c1-10-6-5-14-9(13-4)8(12-3)7(6)11-2/h6-9H,5H2,1-4H3/t6-,7-,8+,9+/m1/s1. The Morgan fingerprint density at radius 1 is 0.857 bits per heavy atom. The Labute approximate surface area is 84.2 Å². The van der Waals surface area contributed by atoms with Gasteiger partial charge in [0.2, 0.25) is 0 Å². The minimum atomic E-state index is -0.392. The van der Waals surface area contributed by atoms with Crippen LogP contribution in [0.5, 0.6) is 0 Å². The van der Waals surface area contributed by atoms with E-state index < -0.39 is 6.29 Å². The quantitative estimate of drug-likeness (QED) is 0.649. The topological polar surface area (TPSA) is 46.2 Å². The first-order chi connectivity index (χ1) is 6.78. The molecule has 0 spiro atoms. The van der Waals surface area contributed by atoms with Gasteiger partial charge in [0.25, 0.3) is 0 Å². The van der Waals surface area contributed by atoms with Crippen molar-refractivity contribution in [1.29, 1.82) is 0 Å². The largest absolute Gasteiger partial charge is 0.376 e. The van der Waals surface area contributed by atoms with E-state index in [2.05, 4.69) is 0 Å². The van der Waals surface area contributed by atoms with Gasteiger partial charge in [-0.3, -0.25) is 0 Å². The predicted octanol–water partition coefficient (Wildman–Crippen LogP) is 0.0341. The van der Waals surface area contributed by atoms with E-state index in [-0.39, 0.29) is 18.3 Å². The molecule has 1 heterocycles. The van der Waals surface area contributed by atoms with Crippen molar-refractivity contribution in [2.24, 2.45) is 0 Å². The lowest BCUT2D eigenvalue weighted by Gasteiger charge is -2.39. The van der Waals surface area contributed by atoms with E-state index in [1.165, 1.54) is 0 Å². The average molecular weight is 206 g/mol. The van der Waals surface area contributed by atoms with Gasteiger partial charge in [-0.1, -0.05) is 0 Å². The number of rotatable bonds is 4. The third-order valence-corrected chi connectivity index (χ3v) is 2.46. The molecule has 0 radical (unpaired) electrons. The molecule has 0 saturated carbocycles. The van der Waals surface area contributed by atoms with Gasteiger partial charge >= 0.3 is 0 Å². The fraction of sp³-hybridized carbons (Fsp3) is 1.00. The van der Waals surface area contributed by atoms with Gasteiger partial charge in [0.1, 0.15) is 18.3 Å². The van der Waals surface area contributed by atoms with Gasteiger partial charge in [-0.25, -0.2) is 0 Å². The second-order valence-electron chi connectivity index (χ2n) is 3.11. The van der Waals surface area contributed by atoms with Crippen LogP contribution in [0, 0.1) is 0 Å². The summed E-state index contributed by atoms with van der Waals surface area (Å²) in [5.41, 5.74) is 0. The third-order valence-electron chi connectivity index (χ3n) is 2.46. The first-order valence-corrected chi connectivity index (χ1v) is 4.51. The van der Waals surface area contributed by atoms with E-state index in [4.69, 9.17) is 23.7 Å². The van der Waals surface area contributed by atoms with Gasteiger partial charge in [0.15, 0.2) is 6.29 Å². The van der Waals surface area contributed by atoms with Crippen LogP contribution < -0.4 is 0 Å². The van der Waals surface area contributed by atoms with Crippen molar-refractivity contribution in [3.63, 3.8) is 0 Å². The summed E-state index contributed by atoms with van der Waals surface area (Å²) in [6.45, 7) is 0.452. The molecular formula is C9H18O5. The maximum absolute atomic E-state index is 5.41. The first-order valence-electron chi connectivity index (χ1n) is 4.51. The molecule has 0 N–H and O–H groups in total.